The topological polar surface area (TPSA) is 87.4 Å². The standard InChI is InChI=1S/C16H10O5/c1-8-2-4-10(21-8)7-13-14(17)11-5-3-9(16(19)20)6-12(11)15(13)18/h2-7H,1H3,(H,19,20)/p-1/b13-7-. The van der Waals surface area contributed by atoms with E-state index in [2.05, 4.69) is 0 Å². The van der Waals surface area contributed by atoms with Gasteiger partial charge in [0.25, 0.3) is 0 Å². The predicted octanol–water partition coefficient (Wildman–Crippen LogP) is 1.41. The smallest absolute Gasteiger partial charge is 0.197 e. The van der Waals surface area contributed by atoms with Crippen molar-refractivity contribution in [3.8, 4) is 0 Å². The van der Waals surface area contributed by atoms with Crippen LogP contribution in [0.5, 0.6) is 0 Å². The summed E-state index contributed by atoms with van der Waals surface area (Å²) in [4.78, 5) is 35.3. The Balaban J connectivity index is 2.08. The van der Waals surface area contributed by atoms with Crippen LogP contribution in [0.1, 0.15) is 42.6 Å². The second-order valence-electron chi connectivity index (χ2n) is 4.71. The number of furan rings is 1. The quantitative estimate of drug-likeness (QED) is 0.613. The lowest BCUT2D eigenvalue weighted by molar-refractivity contribution is -0.255. The summed E-state index contributed by atoms with van der Waals surface area (Å²) in [7, 11) is 0. The van der Waals surface area contributed by atoms with Gasteiger partial charge in [-0.15, -0.1) is 0 Å². The van der Waals surface area contributed by atoms with Gasteiger partial charge in [0.2, 0.25) is 0 Å². The first-order valence-corrected chi connectivity index (χ1v) is 6.20. The first kappa shape index (κ1) is 13.1. The molecule has 0 radical (unpaired) electrons. The van der Waals surface area contributed by atoms with Gasteiger partial charge < -0.3 is 14.3 Å². The Morgan fingerprint density at radius 2 is 1.81 bits per heavy atom. The number of hydrogen-bond acceptors (Lipinski definition) is 5. The molecule has 0 bridgehead atoms. The van der Waals surface area contributed by atoms with Crippen molar-refractivity contribution < 1.29 is 23.9 Å². The Morgan fingerprint density at radius 3 is 2.43 bits per heavy atom. The molecule has 0 unspecified atom stereocenters. The van der Waals surface area contributed by atoms with Gasteiger partial charge in [0, 0.05) is 11.1 Å². The van der Waals surface area contributed by atoms with Crippen molar-refractivity contribution in [2.45, 2.75) is 6.92 Å². The van der Waals surface area contributed by atoms with E-state index in [1.165, 1.54) is 24.3 Å². The summed E-state index contributed by atoms with van der Waals surface area (Å²) >= 11 is 0. The number of fused-ring (bicyclic) bond motifs is 1. The molecule has 3 rings (SSSR count). The first-order valence-electron chi connectivity index (χ1n) is 6.20. The fraction of sp³-hybridized carbons (Fsp3) is 0.0625. The SMILES string of the molecule is Cc1ccc(/C=C2/C(=O)c3ccc(C(=O)[O-])cc3C2=O)o1. The van der Waals surface area contributed by atoms with E-state index in [0.29, 0.717) is 11.5 Å². The number of benzene rings is 1. The summed E-state index contributed by atoms with van der Waals surface area (Å²) in [5, 5.41) is 10.8. The van der Waals surface area contributed by atoms with Gasteiger partial charge in [-0.25, -0.2) is 0 Å². The van der Waals surface area contributed by atoms with Crippen LogP contribution < -0.4 is 5.11 Å². The summed E-state index contributed by atoms with van der Waals surface area (Å²) in [5.74, 6) is -1.27. The molecule has 1 aliphatic rings. The van der Waals surface area contributed by atoms with Gasteiger partial charge in [0.05, 0.1) is 11.5 Å². The zero-order chi connectivity index (χ0) is 15.1. The highest BCUT2D eigenvalue weighted by Crippen LogP contribution is 2.29. The third-order valence-corrected chi connectivity index (χ3v) is 3.28. The van der Waals surface area contributed by atoms with Gasteiger partial charge in [-0.05, 0) is 42.8 Å². The van der Waals surface area contributed by atoms with E-state index in [9.17, 15) is 19.5 Å². The number of carbonyl (C=O) groups excluding carboxylic acids is 3. The maximum absolute atomic E-state index is 12.2. The number of hydrogen-bond donors (Lipinski definition) is 0. The largest absolute Gasteiger partial charge is 0.545 e. The summed E-state index contributed by atoms with van der Waals surface area (Å²) in [6.45, 7) is 1.75. The molecular weight excluding hydrogens is 272 g/mol. The van der Waals surface area contributed by atoms with Crippen LogP contribution in [0.4, 0.5) is 0 Å². The number of rotatable bonds is 2. The summed E-state index contributed by atoms with van der Waals surface area (Å²) < 4.78 is 5.32. The number of aryl methyl sites for hydroxylation is 1. The van der Waals surface area contributed by atoms with Crippen molar-refractivity contribution in [1.82, 2.24) is 0 Å². The van der Waals surface area contributed by atoms with Crippen molar-refractivity contribution in [3.63, 3.8) is 0 Å². The fourth-order valence-corrected chi connectivity index (χ4v) is 2.25. The Morgan fingerprint density at radius 1 is 1.10 bits per heavy atom. The van der Waals surface area contributed by atoms with E-state index in [1.807, 2.05) is 0 Å². The monoisotopic (exact) mass is 281 g/mol. The molecule has 0 atom stereocenters. The minimum absolute atomic E-state index is 0.0325. The van der Waals surface area contributed by atoms with Crippen LogP contribution >= 0.6 is 0 Å². The highest BCUT2D eigenvalue weighted by Gasteiger charge is 2.33. The molecule has 21 heavy (non-hydrogen) atoms. The second kappa shape index (κ2) is 4.56. The summed E-state index contributed by atoms with van der Waals surface area (Å²) in [6, 6.07) is 7.11. The minimum atomic E-state index is -1.39. The molecule has 0 spiro atoms. The number of allylic oxidation sites excluding steroid dienone is 1. The van der Waals surface area contributed by atoms with Crippen LogP contribution in [0.25, 0.3) is 6.08 Å². The molecule has 5 nitrogen and oxygen atoms in total. The van der Waals surface area contributed by atoms with Gasteiger partial charge >= 0.3 is 0 Å². The van der Waals surface area contributed by atoms with Crippen molar-refractivity contribution in [2.24, 2.45) is 0 Å². The predicted molar refractivity (Wildman–Crippen MR) is 70.9 cm³/mol. The van der Waals surface area contributed by atoms with Crippen LogP contribution in [0.15, 0.2) is 40.3 Å². The van der Waals surface area contributed by atoms with Gasteiger partial charge in [-0.1, -0.05) is 6.07 Å². The molecule has 1 aromatic carbocycles. The molecule has 2 aromatic rings. The molecule has 0 fully saturated rings. The first-order chi connectivity index (χ1) is 9.97. The van der Waals surface area contributed by atoms with Gasteiger partial charge in [-0.2, -0.15) is 0 Å². The Labute approximate surface area is 119 Å². The number of Topliss-reactive ketones (excluding diaryl/α,β-unsaturated/α-hetero) is 2. The molecule has 1 heterocycles. The van der Waals surface area contributed by atoms with Crippen LogP contribution in [0, 0.1) is 6.92 Å². The average molecular weight is 281 g/mol. The average Bonchev–Trinajstić information content (AvgIpc) is 2.96. The number of carbonyl (C=O) groups is 3. The van der Waals surface area contributed by atoms with Crippen LogP contribution in [0.3, 0.4) is 0 Å². The van der Waals surface area contributed by atoms with Crippen molar-refractivity contribution >= 4 is 23.6 Å². The third kappa shape index (κ3) is 2.08. The Bertz CT molecular complexity index is 823. The normalized spacial score (nSPS) is 15.6. The molecule has 1 aromatic heterocycles. The summed E-state index contributed by atoms with van der Waals surface area (Å²) in [6.07, 6.45) is 1.37. The van der Waals surface area contributed by atoms with E-state index in [4.69, 9.17) is 4.42 Å². The zero-order valence-electron chi connectivity index (χ0n) is 11.0. The molecule has 0 saturated carbocycles. The molecule has 104 valence electrons. The van der Waals surface area contributed by atoms with E-state index in [0.717, 1.165) is 0 Å². The number of carboxylic acid groups (broad SMARTS) is 1. The van der Waals surface area contributed by atoms with E-state index in [-0.39, 0.29) is 22.3 Å². The Hall–Kier alpha value is -2.95. The maximum atomic E-state index is 12.2. The lowest BCUT2D eigenvalue weighted by Gasteiger charge is -2.03. The maximum Gasteiger partial charge on any atom is 0.197 e. The van der Waals surface area contributed by atoms with Crippen molar-refractivity contribution in [2.75, 3.05) is 0 Å². The fourth-order valence-electron chi connectivity index (χ4n) is 2.25. The van der Waals surface area contributed by atoms with E-state index in [1.54, 1.807) is 19.1 Å². The minimum Gasteiger partial charge on any atom is -0.545 e. The highest BCUT2D eigenvalue weighted by atomic mass is 16.4. The van der Waals surface area contributed by atoms with E-state index >= 15 is 0 Å². The third-order valence-electron chi connectivity index (χ3n) is 3.28. The molecule has 5 heteroatoms. The van der Waals surface area contributed by atoms with Crippen molar-refractivity contribution in [3.05, 3.63) is 64.1 Å². The number of carboxylic acids is 1. The van der Waals surface area contributed by atoms with Gasteiger partial charge in [-0.3, -0.25) is 9.59 Å². The zero-order valence-corrected chi connectivity index (χ0v) is 11.0. The van der Waals surface area contributed by atoms with Crippen molar-refractivity contribution in [1.29, 1.82) is 0 Å². The molecule has 0 amide bonds. The molecule has 1 aliphatic carbocycles. The van der Waals surface area contributed by atoms with Crippen LogP contribution in [-0.4, -0.2) is 17.5 Å². The highest BCUT2D eigenvalue weighted by molar-refractivity contribution is 6.41. The number of aromatic carboxylic acids is 1. The summed E-state index contributed by atoms with van der Waals surface area (Å²) in [5.41, 5.74) is 0.107. The van der Waals surface area contributed by atoms with Gasteiger partial charge in [0.15, 0.2) is 11.6 Å². The molecule has 0 N–H and O–H groups in total. The lowest BCUT2D eigenvalue weighted by atomic mass is 10.1. The second-order valence-corrected chi connectivity index (χ2v) is 4.71. The molecule has 0 saturated heterocycles. The van der Waals surface area contributed by atoms with E-state index < -0.39 is 17.5 Å². The van der Waals surface area contributed by atoms with Crippen LogP contribution in [0.2, 0.25) is 0 Å². The lowest BCUT2D eigenvalue weighted by Crippen LogP contribution is -2.22. The molecule has 0 aliphatic heterocycles. The van der Waals surface area contributed by atoms with Crippen LogP contribution in [-0.2, 0) is 0 Å². The molecular formula is C16H9O5-. The number of ketones is 2. The Kier molecular flexibility index (Phi) is 2.83. The van der Waals surface area contributed by atoms with Gasteiger partial charge in [0.1, 0.15) is 11.5 Å².